The zero-order chi connectivity index (χ0) is 20.8. The van der Waals surface area contributed by atoms with Crippen LogP contribution in [0.5, 0.6) is 0 Å². The molecule has 0 aliphatic heterocycles. The van der Waals surface area contributed by atoms with Gasteiger partial charge in [0.25, 0.3) is 0 Å². The van der Waals surface area contributed by atoms with Gasteiger partial charge in [0, 0.05) is 18.4 Å². The van der Waals surface area contributed by atoms with Gasteiger partial charge in [-0.05, 0) is 69.4 Å². The van der Waals surface area contributed by atoms with Crippen LogP contribution in [0.1, 0.15) is 62.3 Å². The van der Waals surface area contributed by atoms with Crippen LogP contribution in [0, 0.1) is 11.8 Å². The normalized spacial score (nSPS) is 17.9. The third kappa shape index (κ3) is 8.05. The van der Waals surface area contributed by atoms with Gasteiger partial charge in [-0.25, -0.2) is 0 Å². The second-order valence-corrected chi connectivity index (χ2v) is 20.7. The predicted octanol–water partition coefficient (Wildman–Crippen LogP) is 8.01. The lowest BCUT2D eigenvalue weighted by atomic mass is 9.94. The fourth-order valence-electron chi connectivity index (χ4n) is 3.18. The highest BCUT2D eigenvalue weighted by Gasteiger charge is 2.41. The molecule has 0 radical (unpaired) electrons. The van der Waals surface area contributed by atoms with Gasteiger partial charge in [0.2, 0.25) is 0 Å². The van der Waals surface area contributed by atoms with Gasteiger partial charge in [-0.15, -0.1) is 0 Å². The molecule has 0 bridgehead atoms. The van der Waals surface area contributed by atoms with E-state index in [1.165, 1.54) is 21.7 Å². The number of hydrogen-bond donors (Lipinski definition) is 0. The Morgan fingerprint density at radius 3 is 1.85 bits per heavy atom. The summed E-state index contributed by atoms with van der Waals surface area (Å²) >= 11 is 2.41. The molecular formula is C21H45IO2Si2. The van der Waals surface area contributed by atoms with E-state index in [0.717, 1.165) is 6.61 Å². The summed E-state index contributed by atoms with van der Waals surface area (Å²) in [6.45, 7) is 26.2. The van der Waals surface area contributed by atoms with Gasteiger partial charge < -0.3 is 8.85 Å². The molecule has 0 aromatic heterocycles. The minimum Gasteiger partial charge on any atom is -0.416 e. The largest absolute Gasteiger partial charge is 0.416 e. The maximum absolute atomic E-state index is 6.92. The summed E-state index contributed by atoms with van der Waals surface area (Å²) in [6.07, 6.45) is 2.58. The average molecular weight is 513 g/mol. The monoisotopic (exact) mass is 512 g/mol. The van der Waals surface area contributed by atoms with Gasteiger partial charge >= 0.3 is 0 Å². The second-order valence-electron chi connectivity index (χ2n) is 9.49. The van der Waals surface area contributed by atoms with Crippen molar-refractivity contribution in [3.8, 4) is 0 Å². The van der Waals surface area contributed by atoms with Crippen LogP contribution in [-0.2, 0) is 8.85 Å². The number of halogens is 1. The molecule has 0 aromatic carbocycles. The Kier molecular flexibility index (Phi) is 11.5. The highest BCUT2D eigenvalue weighted by Crippen LogP contribution is 2.39. The van der Waals surface area contributed by atoms with Gasteiger partial charge in [-0.3, -0.25) is 0 Å². The van der Waals surface area contributed by atoms with Crippen molar-refractivity contribution < 1.29 is 8.85 Å². The van der Waals surface area contributed by atoms with E-state index in [1.54, 1.807) is 0 Å². The first kappa shape index (κ1) is 26.8. The molecule has 0 saturated heterocycles. The highest BCUT2D eigenvalue weighted by atomic mass is 127. The number of hydrogen-bond acceptors (Lipinski definition) is 2. The minimum absolute atomic E-state index is 0.220. The van der Waals surface area contributed by atoms with E-state index in [9.17, 15) is 0 Å². The van der Waals surface area contributed by atoms with Gasteiger partial charge in [-0.1, -0.05) is 61.5 Å². The minimum atomic E-state index is -1.82. The number of allylic oxidation sites excluding steroid dienone is 1. The van der Waals surface area contributed by atoms with Crippen LogP contribution in [0.25, 0.3) is 0 Å². The van der Waals surface area contributed by atoms with E-state index < -0.39 is 16.6 Å². The van der Waals surface area contributed by atoms with Gasteiger partial charge in [-0.2, -0.15) is 0 Å². The van der Waals surface area contributed by atoms with E-state index in [0.29, 0.717) is 11.8 Å². The molecule has 0 unspecified atom stereocenters. The molecule has 0 spiro atoms. The summed E-state index contributed by atoms with van der Waals surface area (Å²) in [5.74, 6) is 0.809. The van der Waals surface area contributed by atoms with Crippen LogP contribution in [0.2, 0.25) is 36.3 Å². The van der Waals surface area contributed by atoms with E-state index in [4.69, 9.17) is 8.85 Å². The Balaban J connectivity index is 5.43. The molecule has 0 aliphatic rings. The van der Waals surface area contributed by atoms with Crippen molar-refractivity contribution in [3.63, 3.8) is 0 Å². The fraction of sp³-hybridized carbons (Fsp3) is 0.905. The topological polar surface area (TPSA) is 18.5 Å². The highest BCUT2D eigenvalue weighted by molar-refractivity contribution is 14.1. The molecule has 0 fully saturated rings. The second kappa shape index (κ2) is 11.1. The summed E-state index contributed by atoms with van der Waals surface area (Å²) in [7, 11) is -3.37. The molecular weight excluding hydrogens is 467 g/mol. The van der Waals surface area contributed by atoms with Crippen LogP contribution < -0.4 is 0 Å². The molecule has 0 amide bonds. The van der Waals surface area contributed by atoms with E-state index in [-0.39, 0.29) is 11.1 Å². The third-order valence-corrected chi connectivity index (χ3v) is 15.9. The van der Waals surface area contributed by atoms with Crippen LogP contribution in [0.3, 0.4) is 0 Å². The quantitative estimate of drug-likeness (QED) is 0.206. The average Bonchev–Trinajstić information content (AvgIpc) is 2.52. The maximum atomic E-state index is 6.92. The van der Waals surface area contributed by atoms with E-state index >= 15 is 0 Å². The Hall–Kier alpha value is 0.824. The predicted molar refractivity (Wildman–Crippen MR) is 131 cm³/mol. The van der Waals surface area contributed by atoms with Crippen molar-refractivity contribution in [1.29, 1.82) is 0 Å². The zero-order valence-electron chi connectivity index (χ0n) is 19.3. The molecule has 5 heteroatoms. The van der Waals surface area contributed by atoms with Crippen LogP contribution >= 0.6 is 22.6 Å². The lowest BCUT2D eigenvalue weighted by molar-refractivity contribution is 0.0632. The van der Waals surface area contributed by atoms with Crippen molar-refractivity contribution in [1.82, 2.24) is 0 Å². The van der Waals surface area contributed by atoms with Gasteiger partial charge in [0.05, 0.1) is 6.10 Å². The molecule has 0 heterocycles. The first-order valence-corrected chi connectivity index (χ1v) is 16.9. The Bertz CT molecular complexity index is 428. The van der Waals surface area contributed by atoms with E-state index in [1.807, 2.05) is 0 Å². The standard InChI is InChI=1S/C21H45IO2Si2/c1-12-26(13-2,14-3)23-16-18(5)20(17(4)15-19(6)22)24-25(10,11)21(7,8)9/h15,17-18,20H,12-14,16H2,1-11H3/b19-15-/t17-,18-,20+/m0/s1. The fourth-order valence-corrected chi connectivity index (χ4v) is 7.95. The molecule has 2 nitrogen and oxygen atoms in total. The summed E-state index contributed by atoms with van der Waals surface area (Å²) in [5, 5.41) is 0.226. The molecule has 0 N–H and O–H groups in total. The van der Waals surface area contributed by atoms with E-state index in [2.05, 4.69) is 104 Å². The summed E-state index contributed by atoms with van der Waals surface area (Å²) in [4.78, 5) is 0. The zero-order valence-corrected chi connectivity index (χ0v) is 23.5. The van der Waals surface area contributed by atoms with Crippen molar-refractivity contribution in [2.75, 3.05) is 6.61 Å². The van der Waals surface area contributed by atoms with Gasteiger partial charge in [0.15, 0.2) is 16.6 Å². The number of rotatable bonds is 11. The summed E-state index contributed by atoms with van der Waals surface area (Å²) < 4.78 is 14.9. The molecule has 3 atom stereocenters. The van der Waals surface area contributed by atoms with Crippen LogP contribution in [-0.4, -0.2) is 29.3 Å². The molecule has 26 heavy (non-hydrogen) atoms. The molecule has 0 aliphatic carbocycles. The van der Waals surface area contributed by atoms with Crippen LogP contribution in [0.4, 0.5) is 0 Å². The van der Waals surface area contributed by atoms with Crippen molar-refractivity contribution >= 4 is 39.2 Å². The molecule has 156 valence electrons. The van der Waals surface area contributed by atoms with Gasteiger partial charge in [0.1, 0.15) is 0 Å². The Labute approximate surface area is 180 Å². The van der Waals surface area contributed by atoms with Crippen LogP contribution in [0.15, 0.2) is 9.66 Å². The molecule has 0 saturated carbocycles. The Morgan fingerprint density at radius 1 is 1.04 bits per heavy atom. The SMILES string of the molecule is CC[Si](CC)(CC)OC[C@H](C)[C@H](O[Si](C)(C)C(C)(C)C)[C@@H](C)/C=C(/C)I. The first-order chi connectivity index (χ1) is 11.7. The Morgan fingerprint density at radius 2 is 1.50 bits per heavy atom. The van der Waals surface area contributed by atoms with Crippen molar-refractivity contribution in [3.05, 3.63) is 9.66 Å². The first-order valence-electron chi connectivity index (χ1n) is 10.4. The third-order valence-electron chi connectivity index (χ3n) is 6.39. The summed E-state index contributed by atoms with van der Waals surface area (Å²) in [6, 6.07) is 3.63. The van der Waals surface area contributed by atoms with Crippen molar-refractivity contribution in [2.24, 2.45) is 11.8 Å². The summed E-state index contributed by atoms with van der Waals surface area (Å²) in [5.41, 5.74) is 0. The van der Waals surface area contributed by atoms with Crippen molar-refractivity contribution in [2.45, 2.75) is 105 Å². The lowest BCUT2D eigenvalue weighted by Crippen LogP contribution is -2.48. The maximum Gasteiger partial charge on any atom is 0.192 e. The lowest BCUT2D eigenvalue weighted by Gasteiger charge is -2.43. The smallest absolute Gasteiger partial charge is 0.192 e. The molecule has 0 rings (SSSR count). The molecule has 0 aromatic rings.